The third kappa shape index (κ3) is 3.62. The second-order valence-electron chi connectivity index (χ2n) is 7.82. The van der Waals surface area contributed by atoms with Crippen molar-refractivity contribution >= 4 is 23.4 Å². The summed E-state index contributed by atoms with van der Waals surface area (Å²) in [6.07, 6.45) is -2.50. The summed E-state index contributed by atoms with van der Waals surface area (Å²) in [6.45, 7) is 3.67. The third-order valence-corrected chi connectivity index (χ3v) is 6.05. The van der Waals surface area contributed by atoms with Gasteiger partial charge in [-0.05, 0) is 32.0 Å². The number of nitrogens with two attached hydrogens (primary N) is 1. The van der Waals surface area contributed by atoms with Crippen LogP contribution in [0.1, 0.15) is 13.8 Å². The summed E-state index contributed by atoms with van der Waals surface area (Å²) < 4.78 is 34.4. The highest BCUT2D eigenvalue weighted by molar-refractivity contribution is 5.97. The minimum atomic E-state index is -1.26. The number of nitrogens with one attached hydrogen (secondary N) is 1. The van der Waals surface area contributed by atoms with Gasteiger partial charge < -0.3 is 39.5 Å². The first-order valence-electron chi connectivity index (χ1n) is 9.94. The molecule has 0 spiro atoms. The lowest BCUT2D eigenvalue weighted by Gasteiger charge is -2.52. The van der Waals surface area contributed by atoms with Crippen molar-refractivity contribution in [3.05, 3.63) is 18.2 Å². The average Bonchev–Trinajstić information content (AvgIpc) is 3.16. The van der Waals surface area contributed by atoms with E-state index in [1.165, 1.54) is 19.1 Å². The molecule has 1 aromatic carbocycles. The van der Waals surface area contributed by atoms with Gasteiger partial charge in [-0.3, -0.25) is 9.69 Å². The van der Waals surface area contributed by atoms with Crippen molar-refractivity contribution < 1.29 is 38.0 Å². The molecule has 0 aliphatic carbocycles. The van der Waals surface area contributed by atoms with Crippen LogP contribution in [0.4, 0.5) is 16.2 Å². The third-order valence-electron chi connectivity index (χ3n) is 6.05. The molecule has 11 nitrogen and oxygen atoms in total. The number of ether oxygens (including phenoxy) is 6. The number of rotatable bonds is 5. The first-order chi connectivity index (χ1) is 14.7. The molecule has 3 aliphatic heterocycles. The van der Waals surface area contributed by atoms with Crippen molar-refractivity contribution in [1.82, 2.24) is 0 Å². The smallest absolute Gasteiger partial charge is 0.414 e. The van der Waals surface area contributed by atoms with Crippen molar-refractivity contribution in [1.29, 1.82) is 0 Å². The molecule has 0 radical (unpaired) electrons. The molecule has 0 bridgehead atoms. The number of carbonyl (C=O) groups excluding carboxylic acids is 2. The van der Waals surface area contributed by atoms with Gasteiger partial charge in [-0.15, -0.1) is 0 Å². The lowest BCUT2D eigenvalue weighted by molar-refractivity contribution is -0.451. The molecule has 3 heterocycles. The van der Waals surface area contributed by atoms with Gasteiger partial charge >= 0.3 is 6.09 Å². The normalized spacial score (nSPS) is 35.3. The molecule has 170 valence electrons. The van der Waals surface area contributed by atoms with Crippen LogP contribution in [0.3, 0.4) is 0 Å². The molecule has 3 aliphatic rings. The molecule has 11 heteroatoms. The maximum atomic E-state index is 12.7. The quantitative estimate of drug-likeness (QED) is 0.687. The van der Waals surface area contributed by atoms with Crippen LogP contribution in [0.5, 0.6) is 5.75 Å². The van der Waals surface area contributed by atoms with E-state index < -0.39 is 36.0 Å². The fraction of sp³-hybridized carbons (Fsp3) is 0.600. The Morgan fingerprint density at radius 2 is 1.90 bits per heavy atom. The van der Waals surface area contributed by atoms with Crippen molar-refractivity contribution in [2.75, 3.05) is 44.1 Å². The predicted octanol–water partition coefficient (Wildman–Crippen LogP) is 0.811. The van der Waals surface area contributed by atoms with Gasteiger partial charge in [0.05, 0.1) is 12.2 Å². The zero-order valence-electron chi connectivity index (χ0n) is 17.9. The lowest BCUT2D eigenvalue weighted by Crippen LogP contribution is -2.68. The van der Waals surface area contributed by atoms with Crippen LogP contribution >= 0.6 is 0 Å². The summed E-state index contributed by atoms with van der Waals surface area (Å²) >= 11 is 0. The Balaban J connectivity index is 1.56. The van der Waals surface area contributed by atoms with Gasteiger partial charge in [0.1, 0.15) is 18.0 Å². The van der Waals surface area contributed by atoms with Crippen molar-refractivity contribution in [2.24, 2.45) is 5.73 Å². The summed E-state index contributed by atoms with van der Waals surface area (Å²) in [5.74, 6) is -2.19. The maximum absolute atomic E-state index is 12.7. The van der Waals surface area contributed by atoms with Crippen LogP contribution in [-0.2, 0) is 28.5 Å². The van der Waals surface area contributed by atoms with E-state index in [0.29, 0.717) is 17.1 Å². The van der Waals surface area contributed by atoms with Crippen LogP contribution < -0.4 is 20.7 Å². The molecule has 31 heavy (non-hydrogen) atoms. The lowest BCUT2D eigenvalue weighted by atomic mass is 10.00. The van der Waals surface area contributed by atoms with E-state index in [-0.39, 0.29) is 25.6 Å². The highest BCUT2D eigenvalue weighted by atomic mass is 16.8. The Morgan fingerprint density at radius 1 is 1.19 bits per heavy atom. The van der Waals surface area contributed by atoms with Crippen molar-refractivity contribution in [2.45, 2.75) is 43.7 Å². The summed E-state index contributed by atoms with van der Waals surface area (Å²) in [6, 6.07) is 5.08. The van der Waals surface area contributed by atoms with E-state index in [2.05, 4.69) is 5.32 Å². The first kappa shape index (κ1) is 21.8. The summed E-state index contributed by atoms with van der Waals surface area (Å²) in [4.78, 5) is 25.7. The molecule has 3 N–H and O–H groups in total. The van der Waals surface area contributed by atoms with E-state index in [9.17, 15) is 9.59 Å². The topological polar surface area (TPSA) is 131 Å². The van der Waals surface area contributed by atoms with E-state index in [1.54, 1.807) is 32.0 Å². The number of methoxy groups -OCH3 is 2. The Labute approximate surface area is 179 Å². The maximum Gasteiger partial charge on any atom is 0.414 e. The molecule has 0 saturated carbocycles. The number of benzene rings is 1. The molecular weight excluding hydrogens is 410 g/mol. The van der Waals surface area contributed by atoms with Gasteiger partial charge in [-0.25, -0.2) is 4.79 Å². The number of hydrogen-bond donors (Lipinski definition) is 2. The number of fused-ring (bicyclic) bond motifs is 1. The van der Waals surface area contributed by atoms with Gasteiger partial charge in [-0.2, -0.15) is 0 Å². The van der Waals surface area contributed by atoms with E-state index in [0.717, 1.165) is 0 Å². The molecular formula is C20H27N3O8. The molecule has 0 aromatic heterocycles. The molecule has 2 amide bonds. The fourth-order valence-electron chi connectivity index (χ4n) is 3.98. The largest absolute Gasteiger partial charge is 0.482 e. The Bertz CT molecular complexity index is 882. The Hall–Kier alpha value is -2.44. The standard InChI is InChI=1S/C20H27N3O8/c1-19(26-3)20(2,27-4)31-17(14(8-21)30-19)15-9-23(18(25)29-15)11-5-6-13-12(7-11)22-16(24)10-28-13/h5-7,14-15,17H,8-10,21H2,1-4H3,(H,22,24)/t14-,15-,17+,19+,20+/m1/s1. The number of hydrogen-bond acceptors (Lipinski definition) is 9. The number of carbonyl (C=O) groups is 2. The van der Waals surface area contributed by atoms with Crippen LogP contribution in [-0.4, -0.2) is 75.8 Å². The average molecular weight is 437 g/mol. The van der Waals surface area contributed by atoms with E-state index in [4.69, 9.17) is 34.2 Å². The first-order valence-corrected chi connectivity index (χ1v) is 9.94. The van der Waals surface area contributed by atoms with Crippen molar-refractivity contribution in [3.63, 3.8) is 0 Å². The highest BCUT2D eigenvalue weighted by Gasteiger charge is 2.59. The number of cyclic esters (lactones) is 1. The number of nitrogens with zero attached hydrogens (tertiary/aromatic N) is 1. The predicted molar refractivity (Wildman–Crippen MR) is 108 cm³/mol. The molecule has 2 fully saturated rings. The second-order valence-corrected chi connectivity index (χ2v) is 7.82. The molecule has 2 saturated heterocycles. The Kier molecular flexibility index (Phi) is 5.56. The minimum Gasteiger partial charge on any atom is -0.482 e. The zero-order valence-corrected chi connectivity index (χ0v) is 17.9. The minimum absolute atomic E-state index is 0.0433. The van der Waals surface area contributed by atoms with Crippen LogP contribution in [0.25, 0.3) is 0 Å². The van der Waals surface area contributed by atoms with E-state index in [1.807, 2.05) is 0 Å². The van der Waals surface area contributed by atoms with Gasteiger partial charge in [0, 0.05) is 26.5 Å². The fourth-order valence-corrected chi connectivity index (χ4v) is 3.98. The van der Waals surface area contributed by atoms with Crippen LogP contribution in [0, 0.1) is 0 Å². The second kappa shape index (κ2) is 7.92. The molecule has 0 unspecified atom stereocenters. The highest BCUT2D eigenvalue weighted by Crippen LogP contribution is 2.41. The van der Waals surface area contributed by atoms with Gasteiger partial charge in [0.15, 0.2) is 12.7 Å². The molecule has 4 rings (SSSR count). The summed E-state index contributed by atoms with van der Waals surface area (Å²) in [5, 5.41) is 2.73. The summed E-state index contributed by atoms with van der Waals surface area (Å²) in [5.41, 5.74) is 6.97. The van der Waals surface area contributed by atoms with Crippen LogP contribution in [0.2, 0.25) is 0 Å². The molecule has 1 aromatic rings. The van der Waals surface area contributed by atoms with Crippen LogP contribution in [0.15, 0.2) is 18.2 Å². The van der Waals surface area contributed by atoms with Gasteiger partial charge in [0.2, 0.25) is 11.6 Å². The van der Waals surface area contributed by atoms with E-state index >= 15 is 0 Å². The monoisotopic (exact) mass is 437 g/mol. The van der Waals surface area contributed by atoms with Gasteiger partial charge in [0.25, 0.3) is 5.91 Å². The summed E-state index contributed by atoms with van der Waals surface area (Å²) in [7, 11) is 2.97. The Morgan fingerprint density at radius 3 is 2.58 bits per heavy atom. The SMILES string of the molecule is CO[C@@]1(C)O[C@H]([C@H]2CN(c3ccc4c(c3)NC(=O)CO4)C(=O)O2)[C@@H](CN)O[C@]1(C)OC. The number of amides is 2. The van der Waals surface area contributed by atoms with Gasteiger partial charge in [-0.1, -0.05) is 0 Å². The molecule has 5 atom stereocenters. The number of anilines is 2. The zero-order chi connectivity index (χ0) is 22.4. The van der Waals surface area contributed by atoms with Crippen molar-refractivity contribution in [3.8, 4) is 5.75 Å².